The lowest BCUT2D eigenvalue weighted by Gasteiger charge is -2.51. The Bertz CT molecular complexity index is 2150. The monoisotopic (exact) mass is 886 g/mol. The fraction of sp³-hybridized carbons (Fsp3) is 0.500. The summed E-state index contributed by atoms with van der Waals surface area (Å²) in [4.78, 5) is 13.2. The third kappa shape index (κ3) is 7.77. The van der Waals surface area contributed by atoms with E-state index in [1.54, 1.807) is 0 Å². The lowest BCUT2D eigenvalue weighted by molar-refractivity contribution is -0.168. The van der Waals surface area contributed by atoms with Crippen LogP contribution in [0.3, 0.4) is 0 Å². The van der Waals surface area contributed by atoms with Crippen LogP contribution in [0.15, 0.2) is 132 Å². The number of carbonyl (C=O) groups excluding carboxylic acids is 1. The molecule has 63 heavy (non-hydrogen) atoms. The van der Waals surface area contributed by atoms with Crippen LogP contribution >= 0.6 is 0 Å². The van der Waals surface area contributed by atoms with Gasteiger partial charge in [0.05, 0.1) is 18.3 Å². The molecule has 4 aromatic carbocycles. The fourth-order valence-electron chi connectivity index (χ4n) is 12.8. The molecule has 8 atom stereocenters. The SMILES string of the molecule is CC(=O)O[C@H]1C2=C(CC(CCCO[Si](c3ccccc3)(c3ccccc3)C(C)(C)C)CC2)[C@H](O)[C@H](O)[C@H]2C(C)(C)[C@H]3O[C@@]12C[C@@H]3O[Si](c1ccccc1)(c1ccccc1)C(C)(C)C. The Labute approximate surface area is 378 Å². The normalized spacial score (nSPS) is 28.3. The predicted octanol–water partition coefficient (Wildman–Crippen LogP) is 8.24. The van der Waals surface area contributed by atoms with Crippen LogP contribution in [0.1, 0.15) is 101 Å². The predicted molar refractivity (Wildman–Crippen MR) is 257 cm³/mol. The summed E-state index contributed by atoms with van der Waals surface area (Å²) in [6.45, 7) is 20.1. The number of aliphatic hydroxyl groups is 2. The van der Waals surface area contributed by atoms with Gasteiger partial charge in [-0.15, -0.1) is 0 Å². The van der Waals surface area contributed by atoms with E-state index in [2.05, 4.69) is 177 Å². The minimum absolute atomic E-state index is 0.108. The van der Waals surface area contributed by atoms with Crippen LogP contribution in [0.4, 0.5) is 0 Å². The summed E-state index contributed by atoms with van der Waals surface area (Å²) < 4.78 is 28.9. The first kappa shape index (κ1) is 45.9. The van der Waals surface area contributed by atoms with E-state index in [1.807, 2.05) is 0 Å². The summed E-state index contributed by atoms with van der Waals surface area (Å²) in [5, 5.41) is 29.4. The maximum atomic E-state index is 13.2. The maximum Gasteiger partial charge on any atom is 0.303 e. The fourth-order valence-corrected chi connectivity index (χ4v) is 22.1. The van der Waals surface area contributed by atoms with Crippen molar-refractivity contribution in [1.82, 2.24) is 0 Å². The van der Waals surface area contributed by atoms with Crippen molar-refractivity contribution in [2.45, 2.75) is 147 Å². The molecule has 0 saturated carbocycles. The number of esters is 1. The lowest BCUT2D eigenvalue weighted by atomic mass is 9.59. The Balaban J connectivity index is 1.09. The lowest BCUT2D eigenvalue weighted by Crippen LogP contribution is -2.69. The van der Waals surface area contributed by atoms with E-state index in [4.69, 9.17) is 18.3 Å². The van der Waals surface area contributed by atoms with Gasteiger partial charge in [0.1, 0.15) is 11.7 Å². The van der Waals surface area contributed by atoms with E-state index >= 15 is 0 Å². The molecule has 2 aliphatic carbocycles. The molecule has 4 aromatic rings. The van der Waals surface area contributed by atoms with Gasteiger partial charge in [-0.05, 0) is 80.0 Å². The number of ether oxygens (including phenoxy) is 2. The molecule has 2 bridgehead atoms. The molecule has 0 radical (unpaired) electrons. The Morgan fingerprint density at radius 1 is 0.730 bits per heavy atom. The Morgan fingerprint density at radius 3 is 1.67 bits per heavy atom. The van der Waals surface area contributed by atoms with E-state index in [1.165, 1.54) is 27.7 Å². The van der Waals surface area contributed by atoms with Crippen LogP contribution in [0, 0.1) is 17.3 Å². The molecule has 8 rings (SSSR count). The second-order valence-electron chi connectivity index (χ2n) is 21.6. The molecule has 2 N–H and O–H groups in total. The van der Waals surface area contributed by atoms with Gasteiger partial charge >= 0.3 is 5.97 Å². The van der Waals surface area contributed by atoms with Gasteiger partial charge in [0.2, 0.25) is 0 Å². The van der Waals surface area contributed by atoms with Crippen molar-refractivity contribution in [2.75, 3.05) is 6.61 Å². The summed E-state index contributed by atoms with van der Waals surface area (Å²) in [6.07, 6.45) is 0.679. The van der Waals surface area contributed by atoms with Crippen molar-refractivity contribution in [3.63, 3.8) is 0 Å². The largest absolute Gasteiger partial charge is 0.455 e. The standard InChI is InChI=1S/C54H70O7Si2/c1-37(55)59-49-43-33-32-38(23-22-34-58-62(51(2,3)4,39-24-14-10-15-25-39)40-26-16-11-17-27-40)35-44(43)46(56)47(57)48-53(8,9)50-45(36-54(48,49)60-50)61-63(52(5,6)7,41-28-18-12-19-29-41)42-30-20-13-21-31-42/h10-21,24-31,38,45-50,56-57H,22-23,32-36H2,1-9H3/t38?,45-,46-,47-,48-,49-,50-,54+/m0/s1. The average molecular weight is 887 g/mol. The zero-order chi connectivity index (χ0) is 45.0. The van der Waals surface area contributed by atoms with Crippen molar-refractivity contribution in [2.24, 2.45) is 17.3 Å². The third-order valence-corrected chi connectivity index (χ3v) is 25.4. The van der Waals surface area contributed by atoms with E-state index in [-0.39, 0.29) is 22.1 Å². The summed E-state index contributed by atoms with van der Waals surface area (Å²) in [5.74, 6) is -0.620. The molecule has 2 saturated heterocycles. The highest BCUT2D eigenvalue weighted by Crippen LogP contribution is 2.65. The highest BCUT2D eigenvalue weighted by atomic mass is 28.4. The summed E-state index contributed by atoms with van der Waals surface area (Å²) in [5.41, 5.74) is 0.0269. The number of hydrogen-bond acceptors (Lipinski definition) is 7. The van der Waals surface area contributed by atoms with Crippen LogP contribution in [0.5, 0.6) is 0 Å². The molecular weight excluding hydrogens is 817 g/mol. The molecule has 2 heterocycles. The maximum absolute atomic E-state index is 13.2. The number of aliphatic hydroxyl groups excluding tert-OH is 2. The molecule has 1 spiro atoms. The van der Waals surface area contributed by atoms with Gasteiger partial charge in [0, 0.05) is 31.3 Å². The van der Waals surface area contributed by atoms with E-state index < -0.39 is 64.0 Å². The van der Waals surface area contributed by atoms with Crippen molar-refractivity contribution in [1.29, 1.82) is 0 Å². The van der Waals surface area contributed by atoms with Gasteiger partial charge < -0.3 is 28.5 Å². The zero-order valence-electron chi connectivity index (χ0n) is 39.0. The zero-order valence-corrected chi connectivity index (χ0v) is 41.0. The number of fused-ring (bicyclic) bond motifs is 1. The molecular formula is C54H70O7Si2. The van der Waals surface area contributed by atoms with Crippen LogP contribution in [0.2, 0.25) is 10.1 Å². The van der Waals surface area contributed by atoms with Gasteiger partial charge in [-0.2, -0.15) is 0 Å². The second-order valence-corrected chi connectivity index (χ2v) is 30.1. The minimum Gasteiger partial charge on any atom is -0.455 e. The van der Waals surface area contributed by atoms with Gasteiger partial charge in [-0.25, -0.2) is 0 Å². The quantitative estimate of drug-likeness (QED) is 0.0641. The highest BCUT2D eigenvalue weighted by Gasteiger charge is 2.75. The molecule has 7 nitrogen and oxygen atoms in total. The van der Waals surface area contributed by atoms with Gasteiger partial charge in [0.15, 0.2) is 6.10 Å². The number of carbonyl (C=O) groups is 1. The topological polar surface area (TPSA) is 94.5 Å². The van der Waals surface area contributed by atoms with E-state index in [9.17, 15) is 15.0 Å². The molecule has 2 fully saturated rings. The molecule has 0 amide bonds. The molecule has 1 unspecified atom stereocenters. The van der Waals surface area contributed by atoms with Crippen LogP contribution in [0.25, 0.3) is 0 Å². The number of hydrogen-bond donors (Lipinski definition) is 2. The van der Waals surface area contributed by atoms with Gasteiger partial charge in [0.25, 0.3) is 16.6 Å². The van der Waals surface area contributed by atoms with Crippen LogP contribution < -0.4 is 20.7 Å². The van der Waals surface area contributed by atoms with E-state index in [0.29, 0.717) is 25.9 Å². The van der Waals surface area contributed by atoms with Crippen LogP contribution in [-0.2, 0) is 23.1 Å². The third-order valence-electron chi connectivity index (χ3n) is 15.3. The first-order valence-electron chi connectivity index (χ1n) is 23.4. The Morgan fingerprint density at radius 2 is 1.21 bits per heavy atom. The Kier molecular flexibility index (Phi) is 12.6. The Hall–Kier alpha value is -3.68. The smallest absolute Gasteiger partial charge is 0.303 e. The van der Waals surface area contributed by atoms with Crippen molar-refractivity contribution in [3.8, 4) is 0 Å². The molecule has 336 valence electrons. The highest BCUT2D eigenvalue weighted by molar-refractivity contribution is 7.00. The first-order valence-corrected chi connectivity index (χ1v) is 27.2. The number of benzene rings is 4. The minimum atomic E-state index is -3.01. The molecule has 9 heteroatoms. The van der Waals surface area contributed by atoms with Gasteiger partial charge in [-0.1, -0.05) is 177 Å². The summed E-state index contributed by atoms with van der Waals surface area (Å²) >= 11 is 0. The van der Waals surface area contributed by atoms with Gasteiger partial charge in [-0.3, -0.25) is 4.79 Å². The second kappa shape index (κ2) is 17.3. The summed E-state index contributed by atoms with van der Waals surface area (Å²) in [7, 11) is -5.69. The van der Waals surface area contributed by atoms with Crippen molar-refractivity contribution >= 4 is 43.4 Å². The van der Waals surface area contributed by atoms with E-state index in [0.717, 1.165) is 30.4 Å². The van der Waals surface area contributed by atoms with Crippen LogP contribution in [-0.4, -0.2) is 75.5 Å². The number of rotatable bonds is 12. The molecule has 0 aromatic heterocycles. The summed E-state index contributed by atoms with van der Waals surface area (Å²) in [6, 6.07) is 42.8. The van der Waals surface area contributed by atoms with Crippen molar-refractivity contribution in [3.05, 3.63) is 132 Å². The molecule has 2 aliphatic heterocycles. The molecule has 4 aliphatic rings. The van der Waals surface area contributed by atoms with Crippen molar-refractivity contribution < 1.29 is 33.3 Å². The first-order chi connectivity index (χ1) is 29.9. The average Bonchev–Trinajstić information content (AvgIpc) is 3.73.